The number of amides is 1. The minimum absolute atomic E-state index is 0.0459. The highest BCUT2D eigenvalue weighted by Crippen LogP contribution is 2.33. The molecule has 1 saturated heterocycles. The summed E-state index contributed by atoms with van der Waals surface area (Å²) >= 11 is 0. The van der Waals surface area contributed by atoms with Crippen LogP contribution in [0.1, 0.15) is 38.5 Å². The molecule has 3 fully saturated rings. The van der Waals surface area contributed by atoms with Gasteiger partial charge in [0.15, 0.2) is 0 Å². The minimum Gasteiger partial charge on any atom is -0.474 e. The molecule has 26 heavy (non-hydrogen) atoms. The Kier molecular flexibility index (Phi) is 4.54. The lowest BCUT2D eigenvalue weighted by atomic mass is 10.1. The summed E-state index contributed by atoms with van der Waals surface area (Å²) in [4.78, 5) is 18.3. The zero-order valence-corrected chi connectivity index (χ0v) is 15.8. The molecule has 0 unspecified atom stereocenters. The molecule has 2 heterocycles. The highest BCUT2D eigenvalue weighted by atomic mass is 32.2. The van der Waals surface area contributed by atoms with Crippen LogP contribution in [0.3, 0.4) is 0 Å². The van der Waals surface area contributed by atoms with Gasteiger partial charge < -0.3 is 9.64 Å². The second-order valence-electron chi connectivity index (χ2n) is 7.48. The number of piperidine rings is 1. The summed E-state index contributed by atoms with van der Waals surface area (Å²) in [5.41, 5.74) is 0.550. The maximum atomic E-state index is 12.3. The molecular formula is C18H25N3O4S. The number of rotatable bonds is 6. The van der Waals surface area contributed by atoms with E-state index in [4.69, 9.17) is 4.74 Å². The fourth-order valence-corrected chi connectivity index (χ4v) is 4.90. The van der Waals surface area contributed by atoms with Crippen LogP contribution in [0.25, 0.3) is 0 Å². The van der Waals surface area contributed by atoms with E-state index in [-0.39, 0.29) is 17.3 Å². The van der Waals surface area contributed by atoms with Crippen LogP contribution >= 0.6 is 0 Å². The van der Waals surface area contributed by atoms with E-state index in [1.165, 1.54) is 4.31 Å². The Morgan fingerprint density at radius 2 is 1.85 bits per heavy atom. The number of carbonyl (C=O) groups is 1. The molecule has 0 bridgehead atoms. The molecule has 1 aliphatic heterocycles. The van der Waals surface area contributed by atoms with Crippen molar-refractivity contribution in [3.63, 3.8) is 0 Å². The van der Waals surface area contributed by atoms with E-state index in [1.807, 2.05) is 4.90 Å². The van der Waals surface area contributed by atoms with Crippen molar-refractivity contribution in [2.24, 2.45) is 5.92 Å². The smallest absolute Gasteiger partial charge is 0.237 e. The van der Waals surface area contributed by atoms with Crippen LogP contribution in [0.2, 0.25) is 0 Å². The fraction of sp³-hybridized carbons (Fsp3) is 0.667. The van der Waals surface area contributed by atoms with E-state index in [0.717, 1.165) is 51.6 Å². The van der Waals surface area contributed by atoms with Crippen LogP contribution in [-0.4, -0.2) is 55.7 Å². The Morgan fingerprint density at radius 1 is 1.15 bits per heavy atom. The summed E-state index contributed by atoms with van der Waals surface area (Å²) in [6.07, 6.45) is 6.75. The lowest BCUT2D eigenvalue weighted by Gasteiger charge is -2.32. The molecule has 1 aromatic rings. The summed E-state index contributed by atoms with van der Waals surface area (Å²) in [5.74, 6) is 1.06. The average Bonchev–Trinajstić information content (AvgIpc) is 3.53. The van der Waals surface area contributed by atoms with Gasteiger partial charge in [0.25, 0.3) is 0 Å². The van der Waals surface area contributed by atoms with Crippen molar-refractivity contribution in [1.29, 1.82) is 0 Å². The SMILES string of the molecule is CN(c1ccc(OC2CCN(C(=O)C3CC3)CC2)nc1)S(=O)(=O)C1CC1. The first kappa shape index (κ1) is 17.6. The number of nitrogens with zero attached hydrogens (tertiary/aromatic N) is 3. The van der Waals surface area contributed by atoms with Gasteiger partial charge in [0.2, 0.25) is 21.8 Å². The number of carbonyl (C=O) groups excluding carboxylic acids is 1. The molecule has 3 aliphatic rings. The van der Waals surface area contributed by atoms with E-state index in [2.05, 4.69) is 4.98 Å². The number of aromatic nitrogens is 1. The van der Waals surface area contributed by atoms with E-state index >= 15 is 0 Å². The predicted molar refractivity (Wildman–Crippen MR) is 97.5 cm³/mol. The predicted octanol–water partition coefficient (Wildman–Crippen LogP) is 1.79. The molecule has 1 amide bonds. The topological polar surface area (TPSA) is 79.8 Å². The van der Waals surface area contributed by atoms with Crippen molar-refractivity contribution in [1.82, 2.24) is 9.88 Å². The number of pyridine rings is 1. The number of sulfonamides is 1. The van der Waals surface area contributed by atoms with Gasteiger partial charge in [0, 0.05) is 45.0 Å². The van der Waals surface area contributed by atoms with E-state index in [9.17, 15) is 13.2 Å². The molecular weight excluding hydrogens is 354 g/mol. The second kappa shape index (κ2) is 6.72. The second-order valence-corrected chi connectivity index (χ2v) is 9.73. The van der Waals surface area contributed by atoms with Gasteiger partial charge in [-0.2, -0.15) is 0 Å². The van der Waals surface area contributed by atoms with Crippen molar-refractivity contribution >= 4 is 21.6 Å². The van der Waals surface area contributed by atoms with Gasteiger partial charge >= 0.3 is 0 Å². The Balaban J connectivity index is 1.31. The van der Waals surface area contributed by atoms with Gasteiger partial charge in [-0.1, -0.05) is 0 Å². The first-order chi connectivity index (χ1) is 12.4. The molecule has 2 aliphatic carbocycles. The van der Waals surface area contributed by atoms with Crippen molar-refractivity contribution in [3.05, 3.63) is 18.3 Å². The van der Waals surface area contributed by atoms with Crippen LogP contribution in [-0.2, 0) is 14.8 Å². The first-order valence-electron chi connectivity index (χ1n) is 9.34. The van der Waals surface area contributed by atoms with E-state index < -0.39 is 10.0 Å². The molecule has 0 spiro atoms. The molecule has 0 radical (unpaired) electrons. The normalized spacial score (nSPS) is 21.5. The lowest BCUT2D eigenvalue weighted by Crippen LogP contribution is -2.42. The highest BCUT2D eigenvalue weighted by molar-refractivity contribution is 7.93. The fourth-order valence-electron chi connectivity index (χ4n) is 3.32. The molecule has 0 N–H and O–H groups in total. The number of hydrogen-bond acceptors (Lipinski definition) is 5. The standard InChI is InChI=1S/C18H25N3O4S/c1-20(26(23,24)16-5-6-16)14-4-7-17(19-12-14)25-15-8-10-21(11-9-15)18(22)13-2-3-13/h4,7,12-13,15-16H,2-3,5-6,8-11H2,1H3. The number of likely N-dealkylation sites (tertiary alicyclic amines) is 1. The van der Waals surface area contributed by atoms with Crippen LogP contribution in [0.5, 0.6) is 5.88 Å². The molecule has 0 atom stereocenters. The van der Waals surface area contributed by atoms with Crippen molar-refractivity contribution in [2.75, 3.05) is 24.4 Å². The summed E-state index contributed by atoms with van der Waals surface area (Å²) in [6.45, 7) is 1.47. The van der Waals surface area contributed by atoms with Crippen LogP contribution in [0, 0.1) is 5.92 Å². The maximum Gasteiger partial charge on any atom is 0.237 e. The molecule has 7 nitrogen and oxygen atoms in total. The first-order valence-corrected chi connectivity index (χ1v) is 10.8. The largest absolute Gasteiger partial charge is 0.474 e. The van der Waals surface area contributed by atoms with Crippen molar-refractivity contribution < 1.29 is 17.9 Å². The lowest BCUT2D eigenvalue weighted by molar-refractivity contribution is -0.134. The molecule has 0 aromatic carbocycles. The summed E-state index contributed by atoms with van der Waals surface area (Å²) in [6, 6.07) is 3.45. The molecule has 8 heteroatoms. The highest BCUT2D eigenvalue weighted by Gasteiger charge is 2.39. The summed E-state index contributed by atoms with van der Waals surface area (Å²) < 4.78 is 31.8. The van der Waals surface area contributed by atoms with Crippen LogP contribution in [0.15, 0.2) is 18.3 Å². The summed E-state index contributed by atoms with van der Waals surface area (Å²) in [5, 5.41) is -0.244. The number of hydrogen-bond donors (Lipinski definition) is 0. The van der Waals surface area contributed by atoms with Gasteiger partial charge in [-0.05, 0) is 31.7 Å². The quantitative estimate of drug-likeness (QED) is 0.753. The zero-order chi connectivity index (χ0) is 18.3. The van der Waals surface area contributed by atoms with Gasteiger partial charge in [-0.25, -0.2) is 13.4 Å². The van der Waals surface area contributed by atoms with Crippen LogP contribution < -0.4 is 9.04 Å². The Morgan fingerprint density at radius 3 is 2.38 bits per heavy atom. The monoisotopic (exact) mass is 379 g/mol. The van der Waals surface area contributed by atoms with Gasteiger partial charge in [0.05, 0.1) is 17.1 Å². The zero-order valence-electron chi connectivity index (χ0n) is 15.0. The van der Waals surface area contributed by atoms with E-state index in [0.29, 0.717) is 17.5 Å². The minimum atomic E-state index is -3.26. The molecule has 4 rings (SSSR count). The molecule has 1 aromatic heterocycles. The van der Waals surface area contributed by atoms with Crippen molar-refractivity contribution in [2.45, 2.75) is 49.9 Å². The Labute approximate surface area is 154 Å². The van der Waals surface area contributed by atoms with Crippen molar-refractivity contribution in [3.8, 4) is 5.88 Å². The molecule has 2 saturated carbocycles. The third-order valence-electron chi connectivity index (χ3n) is 5.38. The molecule has 142 valence electrons. The van der Waals surface area contributed by atoms with Gasteiger partial charge in [0.1, 0.15) is 6.10 Å². The third kappa shape index (κ3) is 3.65. The average molecular weight is 379 g/mol. The summed E-state index contributed by atoms with van der Waals surface area (Å²) in [7, 11) is -1.69. The maximum absolute atomic E-state index is 12.3. The van der Waals surface area contributed by atoms with Gasteiger partial charge in [-0.15, -0.1) is 0 Å². The Hall–Kier alpha value is -1.83. The Bertz CT molecular complexity index is 764. The van der Waals surface area contributed by atoms with Gasteiger partial charge in [-0.3, -0.25) is 9.10 Å². The van der Waals surface area contributed by atoms with E-state index in [1.54, 1.807) is 25.4 Å². The number of anilines is 1. The van der Waals surface area contributed by atoms with Crippen LogP contribution in [0.4, 0.5) is 5.69 Å². The number of ether oxygens (including phenoxy) is 1. The third-order valence-corrected chi connectivity index (χ3v) is 7.67.